The van der Waals surface area contributed by atoms with Crippen LogP contribution in [0.3, 0.4) is 0 Å². The van der Waals surface area contributed by atoms with Gasteiger partial charge in [-0.15, -0.1) is 0 Å². The van der Waals surface area contributed by atoms with Crippen LogP contribution in [-0.2, 0) is 4.79 Å². The molecule has 1 rings (SSSR count). The number of amides is 1. The van der Waals surface area contributed by atoms with Gasteiger partial charge in [0, 0.05) is 12.1 Å². The van der Waals surface area contributed by atoms with Crippen molar-refractivity contribution >= 4 is 5.91 Å². The Bertz CT molecular complexity index is 284. The molecule has 0 aliphatic heterocycles. The molecule has 0 heterocycles. The molecule has 1 aliphatic rings. The SMILES string of the molecule is CCC(CC)NC(=O)C(C)NC1CCCC(C)(C)C1. The minimum absolute atomic E-state index is 0.0838. The quantitative estimate of drug-likeness (QED) is 0.776. The molecule has 0 spiro atoms. The van der Waals surface area contributed by atoms with Crippen LogP contribution in [0, 0.1) is 5.41 Å². The molecule has 1 amide bonds. The molecule has 2 N–H and O–H groups in total. The van der Waals surface area contributed by atoms with Gasteiger partial charge in [0.05, 0.1) is 6.04 Å². The van der Waals surface area contributed by atoms with E-state index in [1.54, 1.807) is 0 Å². The summed E-state index contributed by atoms with van der Waals surface area (Å²) < 4.78 is 0. The minimum atomic E-state index is -0.0838. The summed E-state index contributed by atoms with van der Waals surface area (Å²) >= 11 is 0. The fraction of sp³-hybridized carbons (Fsp3) is 0.938. The Kier molecular flexibility index (Phi) is 6.31. The summed E-state index contributed by atoms with van der Waals surface area (Å²) in [5, 5.41) is 6.64. The first-order chi connectivity index (χ1) is 8.88. The Balaban J connectivity index is 2.41. The van der Waals surface area contributed by atoms with Crippen LogP contribution in [0.15, 0.2) is 0 Å². The number of hydrogen-bond donors (Lipinski definition) is 2. The van der Waals surface area contributed by atoms with Gasteiger partial charge in [0.25, 0.3) is 0 Å². The molecule has 0 bridgehead atoms. The van der Waals surface area contributed by atoms with Crippen LogP contribution in [0.5, 0.6) is 0 Å². The molecule has 1 saturated carbocycles. The number of carbonyl (C=O) groups is 1. The van der Waals surface area contributed by atoms with E-state index in [-0.39, 0.29) is 11.9 Å². The molecular formula is C16H32N2O. The van der Waals surface area contributed by atoms with Crippen LogP contribution in [-0.4, -0.2) is 24.0 Å². The summed E-state index contributed by atoms with van der Waals surface area (Å²) in [5.74, 6) is 0.150. The molecule has 1 fully saturated rings. The first-order valence-corrected chi connectivity index (χ1v) is 7.94. The lowest BCUT2D eigenvalue weighted by Gasteiger charge is -2.37. The maximum Gasteiger partial charge on any atom is 0.237 e. The Morgan fingerprint density at radius 1 is 1.32 bits per heavy atom. The first-order valence-electron chi connectivity index (χ1n) is 7.94. The van der Waals surface area contributed by atoms with E-state index < -0.39 is 0 Å². The zero-order chi connectivity index (χ0) is 14.5. The monoisotopic (exact) mass is 268 g/mol. The molecule has 1 aliphatic carbocycles. The standard InChI is InChI=1S/C16H32N2O/c1-6-13(7-2)18-15(19)12(3)17-14-9-8-10-16(4,5)11-14/h12-14,17H,6-11H2,1-5H3,(H,18,19). The smallest absolute Gasteiger partial charge is 0.237 e. The maximum absolute atomic E-state index is 12.1. The van der Waals surface area contributed by atoms with Crippen molar-refractivity contribution in [1.82, 2.24) is 10.6 Å². The van der Waals surface area contributed by atoms with Crippen molar-refractivity contribution in [1.29, 1.82) is 0 Å². The van der Waals surface area contributed by atoms with Crippen LogP contribution in [0.4, 0.5) is 0 Å². The van der Waals surface area contributed by atoms with Gasteiger partial charge < -0.3 is 10.6 Å². The van der Waals surface area contributed by atoms with Gasteiger partial charge in [-0.25, -0.2) is 0 Å². The number of hydrogen-bond acceptors (Lipinski definition) is 2. The minimum Gasteiger partial charge on any atom is -0.352 e. The number of carbonyl (C=O) groups excluding carboxylic acids is 1. The van der Waals surface area contributed by atoms with Gasteiger partial charge in [0.1, 0.15) is 0 Å². The highest BCUT2D eigenvalue weighted by Crippen LogP contribution is 2.35. The Hall–Kier alpha value is -0.570. The van der Waals surface area contributed by atoms with Crippen molar-refractivity contribution in [3.8, 4) is 0 Å². The zero-order valence-corrected chi connectivity index (χ0v) is 13.4. The number of rotatable bonds is 6. The van der Waals surface area contributed by atoms with Crippen molar-refractivity contribution < 1.29 is 4.79 Å². The van der Waals surface area contributed by atoms with Crippen LogP contribution >= 0.6 is 0 Å². The lowest BCUT2D eigenvalue weighted by molar-refractivity contribution is -0.123. The summed E-state index contributed by atoms with van der Waals surface area (Å²) in [6.07, 6.45) is 6.96. The molecule has 2 unspecified atom stereocenters. The summed E-state index contributed by atoms with van der Waals surface area (Å²) in [5.41, 5.74) is 0.418. The second-order valence-electron chi connectivity index (χ2n) is 6.87. The van der Waals surface area contributed by atoms with E-state index in [0.29, 0.717) is 17.5 Å². The molecule has 3 nitrogen and oxygen atoms in total. The fourth-order valence-corrected chi connectivity index (χ4v) is 3.09. The third-order valence-electron chi connectivity index (χ3n) is 4.42. The average molecular weight is 268 g/mol. The molecule has 0 aromatic rings. The average Bonchev–Trinajstić information content (AvgIpc) is 2.34. The van der Waals surface area contributed by atoms with E-state index in [9.17, 15) is 4.79 Å². The highest BCUT2D eigenvalue weighted by Gasteiger charge is 2.29. The second-order valence-corrected chi connectivity index (χ2v) is 6.87. The van der Waals surface area contributed by atoms with Gasteiger partial charge in [-0.3, -0.25) is 4.79 Å². The van der Waals surface area contributed by atoms with Crippen LogP contribution in [0.2, 0.25) is 0 Å². The molecule has 3 heteroatoms. The largest absolute Gasteiger partial charge is 0.352 e. The van der Waals surface area contributed by atoms with E-state index in [1.807, 2.05) is 6.92 Å². The zero-order valence-electron chi connectivity index (χ0n) is 13.4. The van der Waals surface area contributed by atoms with Crippen molar-refractivity contribution in [2.45, 2.75) is 91.3 Å². The Morgan fingerprint density at radius 2 is 1.95 bits per heavy atom. The molecular weight excluding hydrogens is 236 g/mol. The topological polar surface area (TPSA) is 41.1 Å². The molecule has 19 heavy (non-hydrogen) atoms. The van der Waals surface area contributed by atoms with Crippen LogP contribution in [0.25, 0.3) is 0 Å². The van der Waals surface area contributed by atoms with Gasteiger partial charge in [-0.1, -0.05) is 34.1 Å². The van der Waals surface area contributed by atoms with E-state index in [2.05, 4.69) is 38.3 Å². The van der Waals surface area contributed by atoms with E-state index in [1.165, 1.54) is 25.7 Å². The lowest BCUT2D eigenvalue weighted by atomic mass is 9.75. The molecule has 0 saturated heterocycles. The molecule has 2 atom stereocenters. The molecule has 0 aromatic heterocycles. The van der Waals surface area contributed by atoms with Gasteiger partial charge >= 0.3 is 0 Å². The normalized spacial score (nSPS) is 24.2. The third-order valence-corrected chi connectivity index (χ3v) is 4.42. The first kappa shape index (κ1) is 16.5. The van der Waals surface area contributed by atoms with Crippen molar-refractivity contribution in [2.75, 3.05) is 0 Å². The van der Waals surface area contributed by atoms with Gasteiger partial charge in [0.15, 0.2) is 0 Å². The Labute approximate surface area is 118 Å². The van der Waals surface area contributed by atoms with Crippen molar-refractivity contribution in [3.63, 3.8) is 0 Å². The summed E-state index contributed by atoms with van der Waals surface area (Å²) in [6, 6.07) is 0.727. The van der Waals surface area contributed by atoms with Crippen LogP contribution in [0.1, 0.15) is 73.1 Å². The lowest BCUT2D eigenvalue weighted by Crippen LogP contribution is -2.50. The van der Waals surface area contributed by atoms with E-state index in [4.69, 9.17) is 0 Å². The maximum atomic E-state index is 12.1. The van der Waals surface area contributed by atoms with Crippen molar-refractivity contribution in [2.24, 2.45) is 5.41 Å². The van der Waals surface area contributed by atoms with Gasteiger partial charge in [0.2, 0.25) is 5.91 Å². The van der Waals surface area contributed by atoms with E-state index >= 15 is 0 Å². The summed E-state index contributed by atoms with van der Waals surface area (Å²) in [7, 11) is 0. The molecule has 0 aromatic carbocycles. The number of nitrogens with one attached hydrogen (secondary N) is 2. The van der Waals surface area contributed by atoms with E-state index in [0.717, 1.165) is 12.8 Å². The predicted molar refractivity (Wildman–Crippen MR) is 81.1 cm³/mol. The van der Waals surface area contributed by atoms with Crippen LogP contribution < -0.4 is 10.6 Å². The van der Waals surface area contributed by atoms with Gasteiger partial charge in [-0.05, 0) is 44.4 Å². The Morgan fingerprint density at radius 3 is 2.47 bits per heavy atom. The van der Waals surface area contributed by atoms with Crippen molar-refractivity contribution in [3.05, 3.63) is 0 Å². The molecule has 0 radical (unpaired) electrons. The fourth-order valence-electron chi connectivity index (χ4n) is 3.09. The second kappa shape index (κ2) is 7.28. The highest BCUT2D eigenvalue weighted by atomic mass is 16.2. The van der Waals surface area contributed by atoms with Gasteiger partial charge in [-0.2, -0.15) is 0 Å². The molecule has 112 valence electrons. The summed E-state index contributed by atoms with van der Waals surface area (Å²) in [6.45, 7) is 10.9. The predicted octanol–water partition coefficient (Wildman–Crippen LogP) is 3.24. The highest BCUT2D eigenvalue weighted by molar-refractivity contribution is 5.81. The summed E-state index contributed by atoms with van der Waals surface area (Å²) in [4.78, 5) is 12.1. The third kappa shape index (κ3) is 5.52.